The number of piperidine rings is 2. The quantitative estimate of drug-likeness (QED) is 0.166. The Kier molecular flexibility index (Phi) is 10.7. The number of hydrogen-bond donors (Lipinski definition) is 2. The minimum atomic E-state index is -0.255. The molecule has 13 heteroatoms. The number of nitrogens with one attached hydrogen (secondary N) is 2. The van der Waals surface area contributed by atoms with Crippen molar-refractivity contribution in [1.82, 2.24) is 34.6 Å². The van der Waals surface area contributed by atoms with Gasteiger partial charge >= 0.3 is 0 Å². The molecule has 8 rings (SSSR count). The molecule has 0 bridgehead atoms. The van der Waals surface area contributed by atoms with Gasteiger partial charge in [-0.15, -0.1) is 0 Å². The van der Waals surface area contributed by atoms with Gasteiger partial charge in [-0.05, 0) is 99.8 Å². The van der Waals surface area contributed by atoms with E-state index in [0.29, 0.717) is 41.7 Å². The highest BCUT2D eigenvalue weighted by molar-refractivity contribution is 6.01. The van der Waals surface area contributed by atoms with Crippen molar-refractivity contribution in [3.63, 3.8) is 0 Å². The van der Waals surface area contributed by atoms with Crippen LogP contribution >= 0.6 is 0 Å². The molecule has 1 aliphatic carbocycles. The molecule has 2 N–H and O–H groups in total. The zero-order valence-electron chi connectivity index (χ0n) is 31.9. The summed E-state index contributed by atoms with van der Waals surface area (Å²) in [6, 6.07) is 12.5. The van der Waals surface area contributed by atoms with Crippen LogP contribution in [0.3, 0.4) is 0 Å². The molecule has 3 aromatic heterocycles. The highest BCUT2D eigenvalue weighted by Crippen LogP contribution is 2.33. The van der Waals surface area contributed by atoms with Gasteiger partial charge in [0, 0.05) is 75.2 Å². The Hall–Kier alpha value is -5.01. The number of piperazine rings is 1. The molecule has 2 amide bonds. The maximum Gasteiger partial charge on any atom is 0.263 e. The lowest BCUT2D eigenvalue weighted by molar-refractivity contribution is -0.134. The van der Waals surface area contributed by atoms with Crippen molar-refractivity contribution >= 4 is 46.1 Å². The lowest BCUT2D eigenvalue weighted by atomic mass is 9.90. The Balaban J connectivity index is 0.808. The average Bonchev–Trinajstić information content (AvgIpc) is 3.73. The molecule has 288 valence electrons. The second-order valence-electron chi connectivity index (χ2n) is 15.7. The average molecular weight is 746 g/mol. The third kappa shape index (κ3) is 7.90. The maximum absolute atomic E-state index is 13.6. The number of fused-ring (bicyclic) bond motifs is 1. The summed E-state index contributed by atoms with van der Waals surface area (Å²) >= 11 is 0. The second-order valence-corrected chi connectivity index (χ2v) is 15.7. The first kappa shape index (κ1) is 36.9. The number of aryl methyl sites for hydroxylation is 1. The van der Waals surface area contributed by atoms with Crippen LogP contribution in [-0.4, -0.2) is 99.3 Å². The summed E-state index contributed by atoms with van der Waals surface area (Å²) in [7, 11) is 0. The summed E-state index contributed by atoms with van der Waals surface area (Å²) in [5, 5.41) is 6.44. The van der Waals surface area contributed by atoms with Crippen LogP contribution in [0.4, 0.5) is 17.5 Å². The Morgan fingerprint density at radius 2 is 1.51 bits per heavy atom. The topological polar surface area (TPSA) is 146 Å². The molecule has 1 saturated carbocycles. The van der Waals surface area contributed by atoms with Crippen molar-refractivity contribution in [3.05, 3.63) is 81.4 Å². The lowest BCUT2D eigenvalue weighted by Crippen LogP contribution is -2.49. The molecule has 1 atom stereocenters. The normalized spacial score (nSPS) is 20.6. The van der Waals surface area contributed by atoms with E-state index in [-0.39, 0.29) is 40.7 Å². The number of Topliss-reactive ketones (excluding diaryl/α,β-unsaturated/α-hetero) is 1. The number of ketones is 1. The monoisotopic (exact) mass is 745 g/mol. The number of aromatic nitrogens is 4. The molecular weight excluding hydrogens is 695 g/mol. The van der Waals surface area contributed by atoms with E-state index in [1.54, 1.807) is 17.7 Å². The third-order valence-electron chi connectivity index (χ3n) is 12.3. The van der Waals surface area contributed by atoms with Gasteiger partial charge in [-0.25, -0.2) is 9.97 Å². The predicted molar refractivity (Wildman–Crippen MR) is 212 cm³/mol. The van der Waals surface area contributed by atoms with Crippen molar-refractivity contribution in [3.8, 4) is 0 Å². The van der Waals surface area contributed by atoms with E-state index in [2.05, 4.69) is 48.5 Å². The molecule has 3 saturated heterocycles. The first-order valence-electron chi connectivity index (χ1n) is 20.0. The van der Waals surface area contributed by atoms with Gasteiger partial charge in [0.15, 0.2) is 5.78 Å². The smallest absolute Gasteiger partial charge is 0.263 e. The van der Waals surface area contributed by atoms with Crippen LogP contribution in [0, 0.1) is 6.92 Å². The van der Waals surface area contributed by atoms with Crippen LogP contribution in [-0.2, 0) is 9.59 Å². The summed E-state index contributed by atoms with van der Waals surface area (Å²) in [5.41, 5.74) is 4.58. The number of carbonyl (C=O) groups excluding carboxylic acids is 3. The van der Waals surface area contributed by atoms with Crippen LogP contribution < -0.4 is 21.1 Å². The number of imide groups is 1. The molecule has 4 aromatic rings. The second kappa shape index (κ2) is 16.0. The summed E-state index contributed by atoms with van der Waals surface area (Å²) in [5.74, 6) is 0.661. The molecule has 1 aromatic carbocycles. The van der Waals surface area contributed by atoms with Crippen molar-refractivity contribution < 1.29 is 14.4 Å². The third-order valence-corrected chi connectivity index (χ3v) is 12.3. The standard InChI is InChI=1S/C42H51N9O4/c1-27-35-26-44-42(47-39(35)51(33-5-3-4-6-33)41(55)38(27)28(2)52)45-36-13-9-31(25-43-36)29-15-17-48(18-16-29)19-20-49-21-23-50(24-22-49)32-10-7-30(8-11-32)34-12-14-37(53)46-40(34)54/h7-11,13,25-26,29,33-34H,3-6,12,14-24H2,1-2H3,(H,46,53,54)(H,43,44,45,47). The largest absolute Gasteiger partial charge is 0.369 e. The number of pyridine rings is 2. The fraction of sp³-hybridized carbons (Fsp3) is 0.500. The van der Waals surface area contributed by atoms with Gasteiger partial charge in [0.2, 0.25) is 17.8 Å². The van der Waals surface area contributed by atoms with Crippen LogP contribution in [0.2, 0.25) is 0 Å². The molecule has 6 heterocycles. The van der Waals surface area contributed by atoms with Gasteiger partial charge in [0.05, 0.1) is 11.5 Å². The van der Waals surface area contributed by atoms with E-state index >= 15 is 0 Å². The fourth-order valence-electron chi connectivity index (χ4n) is 9.08. The predicted octanol–water partition coefficient (Wildman–Crippen LogP) is 5.08. The molecule has 0 radical (unpaired) electrons. The number of hydrogen-bond acceptors (Lipinski definition) is 11. The molecule has 13 nitrogen and oxygen atoms in total. The Bertz CT molecular complexity index is 2110. The summed E-state index contributed by atoms with van der Waals surface area (Å²) in [6.07, 6.45) is 10.8. The molecule has 4 aliphatic rings. The van der Waals surface area contributed by atoms with Crippen molar-refractivity contribution in [1.29, 1.82) is 0 Å². The first-order valence-corrected chi connectivity index (χ1v) is 20.0. The van der Waals surface area contributed by atoms with Crippen LogP contribution in [0.5, 0.6) is 0 Å². The number of likely N-dealkylation sites (tertiary alicyclic amines) is 1. The summed E-state index contributed by atoms with van der Waals surface area (Å²) in [4.78, 5) is 71.5. The van der Waals surface area contributed by atoms with Crippen molar-refractivity contribution in [2.24, 2.45) is 0 Å². The Morgan fingerprint density at radius 1 is 0.818 bits per heavy atom. The highest BCUT2D eigenvalue weighted by atomic mass is 16.2. The van der Waals surface area contributed by atoms with Crippen molar-refractivity contribution in [2.45, 2.75) is 83.1 Å². The number of amides is 2. The summed E-state index contributed by atoms with van der Waals surface area (Å²) in [6.45, 7) is 11.6. The molecular formula is C42H51N9O4. The fourth-order valence-corrected chi connectivity index (χ4v) is 9.08. The van der Waals surface area contributed by atoms with Gasteiger partial charge < -0.3 is 15.1 Å². The zero-order chi connectivity index (χ0) is 38.1. The van der Waals surface area contributed by atoms with E-state index in [1.165, 1.54) is 18.2 Å². The van der Waals surface area contributed by atoms with Gasteiger partial charge in [-0.2, -0.15) is 4.98 Å². The van der Waals surface area contributed by atoms with Crippen LogP contribution in [0.25, 0.3) is 11.0 Å². The van der Waals surface area contributed by atoms with Gasteiger partial charge in [0.25, 0.3) is 5.56 Å². The van der Waals surface area contributed by atoms with E-state index in [1.807, 2.05) is 24.4 Å². The number of anilines is 3. The Morgan fingerprint density at radius 3 is 2.16 bits per heavy atom. The van der Waals surface area contributed by atoms with Crippen molar-refractivity contribution in [2.75, 3.05) is 62.6 Å². The number of carbonyl (C=O) groups is 3. The summed E-state index contributed by atoms with van der Waals surface area (Å²) < 4.78 is 1.73. The van der Waals surface area contributed by atoms with E-state index in [9.17, 15) is 19.2 Å². The molecule has 4 fully saturated rings. The minimum absolute atomic E-state index is 0.0302. The molecule has 0 spiro atoms. The van der Waals surface area contributed by atoms with Gasteiger partial charge in [-0.1, -0.05) is 31.0 Å². The molecule has 1 unspecified atom stereocenters. The Labute approximate surface area is 321 Å². The van der Waals surface area contributed by atoms with E-state index < -0.39 is 0 Å². The molecule has 3 aliphatic heterocycles. The number of rotatable bonds is 10. The van der Waals surface area contributed by atoms with Crippen LogP contribution in [0.15, 0.2) is 53.6 Å². The minimum Gasteiger partial charge on any atom is -0.369 e. The first-order chi connectivity index (χ1) is 26.7. The SMILES string of the molecule is CC(=O)c1c(C)c2cnc(Nc3ccc(C4CCN(CCN5CCN(c6ccc(C7CCC(=O)NC7=O)cc6)CC5)CC4)cn3)nc2n(C2CCCC2)c1=O. The number of nitrogens with zero attached hydrogens (tertiary/aromatic N) is 7. The maximum atomic E-state index is 13.6. The van der Waals surface area contributed by atoms with Gasteiger partial charge in [0.1, 0.15) is 11.5 Å². The van der Waals surface area contributed by atoms with Gasteiger partial charge in [-0.3, -0.25) is 34.0 Å². The molecule has 55 heavy (non-hydrogen) atoms. The zero-order valence-corrected chi connectivity index (χ0v) is 31.9. The number of benzene rings is 1. The lowest BCUT2D eigenvalue weighted by Gasteiger charge is -2.38. The van der Waals surface area contributed by atoms with E-state index in [4.69, 9.17) is 9.97 Å². The highest BCUT2D eigenvalue weighted by Gasteiger charge is 2.29. The van der Waals surface area contributed by atoms with Crippen LogP contribution in [0.1, 0.15) is 103 Å². The van der Waals surface area contributed by atoms with E-state index in [0.717, 1.165) is 102 Å².